The summed E-state index contributed by atoms with van der Waals surface area (Å²) >= 11 is 0. The van der Waals surface area contributed by atoms with Crippen molar-refractivity contribution in [3.8, 4) is 0 Å². The van der Waals surface area contributed by atoms with Crippen LogP contribution in [0.15, 0.2) is 18.2 Å². The second kappa shape index (κ2) is 11.9. The van der Waals surface area contributed by atoms with Gasteiger partial charge in [-0.3, -0.25) is 34.2 Å². The minimum Gasteiger partial charge on any atom is -0.382 e. The number of imide groups is 2. The van der Waals surface area contributed by atoms with Crippen LogP contribution in [0.5, 0.6) is 0 Å². The maximum Gasteiger partial charge on any atom is 0.262 e. The first-order chi connectivity index (χ1) is 18.8. The first kappa shape index (κ1) is 27.3. The van der Waals surface area contributed by atoms with Crippen LogP contribution < -0.4 is 10.6 Å². The maximum absolute atomic E-state index is 13.1. The zero-order valence-corrected chi connectivity index (χ0v) is 22.7. The molecule has 1 aromatic carbocycles. The molecule has 1 aliphatic carbocycles. The van der Waals surface area contributed by atoms with Gasteiger partial charge in [0.15, 0.2) is 0 Å². The molecule has 10 nitrogen and oxygen atoms in total. The number of piperidine rings is 2. The van der Waals surface area contributed by atoms with Gasteiger partial charge in [-0.2, -0.15) is 0 Å². The van der Waals surface area contributed by atoms with E-state index in [0.29, 0.717) is 23.5 Å². The predicted molar refractivity (Wildman–Crippen MR) is 145 cm³/mol. The van der Waals surface area contributed by atoms with Crippen LogP contribution in [0.3, 0.4) is 0 Å². The Bertz CT molecular complexity index is 1140. The Balaban J connectivity index is 1.09. The molecule has 3 heterocycles. The Morgan fingerprint density at radius 1 is 0.974 bits per heavy atom. The SMILES string of the molecule is CN(CCC(=O)N1CCCCC1)CC1CCC(Nc2ccc3c(c2)C(=O)N(C2CCC(=O)NC2=O)C3=O)CC1. The molecule has 4 aliphatic rings. The van der Waals surface area contributed by atoms with Crippen LogP contribution in [0.2, 0.25) is 0 Å². The predicted octanol–water partition coefficient (Wildman–Crippen LogP) is 2.39. The van der Waals surface area contributed by atoms with Crippen molar-refractivity contribution in [2.24, 2.45) is 5.92 Å². The highest BCUT2D eigenvalue weighted by Gasteiger charge is 2.44. The van der Waals surface area contributed by atoms with Gasteiger partial charge in [-0.15, -0.1) is 0 Å². The fraction of sp³-hybridized carbons (Fsp3) is 0.621. The van der Waals surface area contributed by atoms with Crippen LogP contribution in [0, 0.1) is 5.92 Å². The summed E-state index contributed by atoms with van der Waals surface area (Å²) < 4.78 is 0. The van der Waals surface area contributed by atoms with Gasteiger partial charge < -0.3 is 15.1 Å². The quantitative estimate of drug-likeness (QED) is 0.489. The van der Waals surface area contributed by atoms with Gasteiger partial charge in [0.1, 0.15) is 6.04 Å². The number of anilines is 1. The highest BCUT2D eigenvalue weighted by Crippen LogP contribution is 2.32. The van der Waals surface area contributed by atoms with Gasteiger partial charge in [0.05, 0.1) is 11.1 Å². The Morgan fingerprint density at radius 3 is 2.41 bits per heavy atom. The monoisotopic (exact) mass is 537 g/mol. The standard InChI is InChI=1S/C29H39N5O5/c1-32(16-13-26(36)33-14-3-2-4-15-33)18-19-5-7-20(8-6-19)30-21-9-10-22-23(17-21)29(39)34(28(22)38)24-11-12-25(35)31-27(24)37/h9-10,17,19-20,24,30H,2-8,11-16,18H2,1H3,(H,31,35,37). The van der Waals surface area contributed by atoms with Gasteiger partial charge in [-0.25, -0.2) is 0 Å². The summed E-state index contributed by atoms with van der Waals surface area (Å²) in [5, 5.41) is 5.76. The van der Waals surface area contributed by atoms with E-state index in [0.717, 1.165) is 75.3 Å². The molecule has 1 unspecified atom stereocenters. The van der Waals surface area contributed by atoms with Crippen molar-refractivity contribution in [1.29, 1.82) is 0 Å². The molecule has 5 amide bonds. The smallest absolute Gasteiger partial charge is 0.262 e. The number of nitrogens with one attached hydrogen (secondary N) is 2. The highest BCUT2D eigenvalue weighted by atomic mass is 16.2. The van der Waals surface area contributed by atoms with Crippen LogP contribution >= 0.6 is 0 Å². The lowest BCUT2D eigenvalue weighted by atomic mass is 9.85. The number of amides is 5. The number of fused-ring (bicyclic) bond motifs is 1. The van der Waals surface area contributed by atoms with Crippen LogP contribution in [-0.2, 0) is 14.4 Å². The number of likely N-dealkylation sites (tertiary alicyclic amines) is 1. The minimum absolute atomic E-state index is 0.103. The third-order valence-corrected chi connectivity index (χ3v) is 8.64. The van der Waals surface area contributed by atoms with E-state index in [1.165, 1.54) is 6.42 Å². The van der Waals surface area contributed by atoms with Gasteiger partial charge >= 0.3 is 0 Å². The molecule has 2 saturated heterocycles. The molecule has 1 aromatic rings. The Labute approximate surface area is 229 Å². The number of hydrogen-bond acceptors (Lipinski definition) is 7. The van der Waals surface area contributed by atoms with E-state index in [-0.39, 0.29) is 30.7 Å². The van der Waals surface area contributed by atoms with Crippen molar-refractivity contribution in [2.75, 3.05) is 38.5 Å². The molecule has 0 bridgehead atoms. The van der Waals surface area contributed by atoms with Crippen molar-refractivity contribution in [3.05, 3.63) is 29.3 Å². The number of carbonyl (C=O) groups excluding carboxylic acids is 5. The molecular weight excluding hydrogens is 498 g/mol. The van der Waals surface area contributed by atoms with Crippen molar-refractivity contribution >= 4 is 35.2 Å². The molecule has 3 fully saturated rings. The van der Waals surface area contributed by atoms with E-state index in [9.17, 15) is 24.0 Å². The number of nitrogens with zero attached hydrogens (tertiary/aromatic N) is 3. The first-order valence-electron chi connectivity index (χ1n) is 14.4. The van der Waals surface area contributed by atoms with E-state index in [1.54, 1.807) is 12.1 Å². The van der Waals surface area contributed by atoms with Gasteiger partial charge in [0, 0.05) is 50.7 Å². The van der Waals surface area contributed by atoms with Crippen LogP contribution in [0.25, 0.3) is 0 Å². The summed E-state index contributed by atoms with van der Waals surface area (Å²) in [7, 11) is 2.11. The summed E-state index contributed by atoms with van der Waals surface area (Å²) in [5.74, 6) is -1.08. The molecular formula is C29H39N5O5. The summed E-state index contributed by atoms with van der Waals surface area (Å²) in [6, 6.07) is 4.50. The first-order valence-corrected chi connectivity index (χ1v) is 14.4. The molecule has 0 aromatic heterocycles. The second-order valence-corrected chi connectivity index (χ2v) is 11.5. The zero-order chi connectivity index (χ0) is 27.5. The number of benzene rings is 1. The van der Waals surface area contributed by atoms with Crippen LogP contribution in [-0.4, -0.2) is 89.5 Å². The van der Waals surface area contributed by atoms with Crippen LogP contribution in [0.1, 0.15) is 84.9 Å². The maximum atomic E-state index is 13.1. The molecule has 5 rings (SSSR count). The minimum atomic E-state index is -0.956. The van der Waals surface area contributed by atoms with E-state index in [4.69, 9.17) is 0 Å². The fourth-order valence-electron chi connectivity index (χ4n) is 6.41. The number of carbonyl (C=O) groups is 5. The molecule has 0 radical (unpaired) electrons. The molecule has 210 valence electrons. The average Bonchev–Trinajstić information content (AvgIpc) is 3.18. The van der Waals surface area contributed by atoms with Crippen molar-refractivity contribution in [3.63, 3.8) is 0 Å². The lowest BCUT2D eigenvalue weighted by Gasteiger charge is -2.32. The van der Waals surface area contributed by atoms with E-state index in [1.807, 2.05) is 11.0 Å². The fourth-order valence-corrected chi connectivity index (χ4v) is 6.41. The van der Waals surface area contributed by atoms with Gasteiger partial charge in [-0.05, 0) is 82.5 Å². The summed E-state index contributed by atoms with van der Waals surface area (Å²) in [6.07, 6.45) is 8.53. The largest absolute Gasteiger partial charge is 0.382 e. The van der Waals surface area contributed by atoms with E-state index < -0.39 is 23.8 Å². The normalized spacial score (nSPS) is 25.6. The summed E-state index contributed by atoms with van der Waals surface area (Å²) in [6.45, 7) is 3.61. The third-order valence-electron chi connectivity index (χ3n) is 8.64. The zero-order valence-electron chi connectivity index (χ0n) is 22.7. The van der Waals surface area contributed by atoms with Crippen LogP contribution in [0.4, 0.5) is 5.69 Å². The molecule has 0 spiro atoms. The lowest BCUT2D eigenvalue weighted by molar-refractivity contribution is -0.136. The summed E-state index contributed by atoms with van der Waals surface area (Å²) in [5.41, 5.74) is 1.38. The molecule has 1 saturated carbocycles. The second-order valence-electron chi connectivity index (χ2n) is 11.5. The molecule has 3 aliphatic heterocycles. The summed E-state index contributed by atoms with van der Waals surface area (Å²) in [4.78, 5) is 67.5. The van der Waals surface area contributed by atoms with E-state index >= 15 is 0 Å². The van der Waals surface area contributed by atoms with E-state index in [2.05, 4.69) is 22.6 Å². The van der Waals surface area contributed by atoms with Crippen molar-refractivity contribution < 1.29 is 24.0 Å². The van der Waals surface area contributed by atoms with Gasteiger partial charge in [0.2, 0.25) is 17.7 Å². The highest BCUT2D eigenvalue weighted by molar-refractivity contribution is 6.23. The van der Waals surface area contributed by atoms with Crippen molar-refractivity contribution in [2.45, 2.75) is 76.3 Å². The Morgan fingerprint density at radius 2 is 1.69 bits per heavy atom. The topological polar surface area (TPSA) is 119 Å². The third kappa shape index (κ3) is 6.16. The van der Waals surface area contributed by atoms with Gasteiger partial charge in [0.25, 0.3) is 11.8 Å². The Kier molecular flexibility index (Phi) is 8.30. The number of hydrogen-bond donors (Lipinski definition) is 2. The Hall–Kier alpha value is -3.27. The van der Waals surface area contributed by atoms with Crippen molar-refractivity contribution in [1.82, 2.24) is 20.0 Å². The molecule has 2 N–H and O–H groups in total. The number of rotatable bonds is 8. The molecule has 1 atom stereocenters. The average molecular weight is 538 g/mol. The molecule has 10 heteroatoms. The lowest BCUT2D eigenvalue weighted by Crippen LogP contribution is -2.54. The van der Waals surface area contributed by atoms with Gasteiger partial charge in [-0.1, -0.05) is 0 Å². The molecule has 39 heavy (non-hydrogen) atoms.